The van der Waals surface area contributed by atoms with Crippen molar-refractivity contribution in [3.8, 4) is 11.1 Å². The lowest BCUT2D eigenvalue weighted by Gasteiger charge is -2.08. The predicted octanol–water partition coefficient (Wildman–Crippen LogP) is 1.84. The van der Waals surface area contributed by atoms with E-state index >= 15 is 0 Å². The Bertz CT molecular complexity index is 753. The van der Waals surface area contributed by atoms with Crippen LogP contribution >= 0.6 is 0 Å². The van der Waals surface area contributed by atoms with Crippen molar-refractivity contribution in [1.29, 1.82) is 0 Å². The predicted molar refractivity (Wildman–Crippen MR) is 70.6 cm³/mol. The van der Waals surface area contributed by atoms with Gasteiger partial charge in [-0.15, -0.1) is 0 Å². The van der Waals surface area contributed by atoms with Gasteiger partial charge in [0.2, 0.25) is 0 Å². The van der Waals surface area contributed by atoms with Gasteiger partial charge in [-0.3, -0.25) is 4.98 Å². The van der Waals surface area contributed by atoms with Crippen molar-refractivity contribution in [2.45, 2.75) is 0 Å². The summed E-state index contributed by atoms with van der Waals surface area (Å²) in [6.45, 7) is 0. The van der Waals surface area contributed by atoms with E-state index in [0.29, 0.717) is 0 Å². The summed E-state index contributed by atoms with van der Waals surface area (Å²) in [5.74, 6) is -3.67. The minimum atomic E-state index is -1.25. The first-order valence-electron chi connectivity index (χ1n) is 5.69. The first-order valence-corrected chi connectivity index (χ1v) is 5.69. The Kier molecular flexibility index (Phi) is 3.66. The minimum Gasteiger partial charge on any atom is -0.478 e. The average Bonchev–Trinajstić information content (AvgIpc) is 2.46. The van der Waals surface area contributed by atoms with Crippen LogP contribution in [0, 0.1) is 0 Å². The lowest BCUT2D eigenvalue weighted by atomic mass is 9.97. The molecule has 0 atom stereocenters. The third-order valence-corrected chi connectivity index (χ3v) is 2.79. The number of hydrogen-bond donors (Lipinski definition) is 3. The molecule has 0 unspecified atom stereocenters. The first-order chi connectivity index (χ1) is 9.90. The van der Waals surface area contributed by atoms with E-state index in [0.717, 1.165) is 12.3 Å². The third-order valence-electron chi connectivity index (χ3n) is 2.79. The second-order valence-electron chi connectivity index (χ2n) is 4.14. The van der Waals surface area contributed by atoms with Gasteiger partial charge in [-0.05, 0) is 29.8 Å². The second-order valence-corrected chi connectivity index (χ2v) is 4.14. The molecule has 21 heavy (non-hydrogen) atoms. The van der Waals surface area contributed by atoms with Crippen LogP contribution < -0.4 is 0 Å². The van der Waals surface area contributed by atoms with Gasteiger partial charge in [0.1, 0.15) is 0 Å². The van der Waals surface area contributed by atoms with Crippen molar-refractivity contribution in [3.63, 3.8) is 0 Å². The van der Waals surface area contributed by atoms with Crippen LogP contribution in [-0.4, -0.2) is 38.2 Å². The van der Waals surface area contributed by atoms with Gasteiger partial charge < -0.3 is 15.3 Å². The minimum absolute atomic E-state index is 0.0954. The lowest BCUT2D eigenvalue weighted by Crippen LogP contribution is -2.04. The van der Waals surface area contributed by atoms with Crippen LogP contribution in [0.3, 0.4) is 0 Å². The van der Waals surface area contributed by atoms with E-state index in [4.69, 9.17) is 15.3 Å². The zero-order chi connectivity index (χ0) is 15.6. The number of rotatable bonds is 4. The fourth-order valence-electron chi connectivity index (χ4n) is 1.81. The normalized spacial score (nSPS) is 10.1. The molecule has 0 spiro atoms. The summed E-state index contributed by atoms with van der Waals surface area (Å²) in [5.41, 5.74) is -0.0435. The summed E-state index contributed by atoms with van der Waals surface area (Å²) >= 11 is 0. The Balaban J connectivity index is 2.68. The average molecular weight is 287 g/mol. The van der Waals surface area contributed by atoms with Crippen molar-refractivity contribution < 1.29 is 29.7 Å². The Labute approximate surface area is 118 Å². The number of hydrogen-bond acceptors (Lipinski definition) is 4. The highest BCUT2D eigenvalue weighted by molar-refractivity contribution is 5.99. The lowest BCUT2D eigenvalue weighted by molar-refractivity contribution is 0.0681. The molecule has 0 aliphatic rings. The Morgan fingerprint density at radius 2 is 1.48 bits per heavy atom. The van der Waals surface area contributed by atoms with Crippen LogP contribution in [0.5, 0.6) is 0 Å². The van der Waals surface area contributed by atoms with Gasteiger partial charge in [0, 0.05) is 18.0 Å². The Hall–Kier alpha value is -3.22. The van der Waals surface area contributed by atoms with Crippen molar-refractivity contribution >= 4 is 17.9 Å². The SMILES string of the molecule is O=C(O)c1cncc(-c2cc(C(=O)O)ccc2C(=O)O)c1. The molecule has 0 fully saturated rings. The molecule has 0 saturated heterocycles. The Morgan fingerprint density at radius 3 is 2.05 bits per heavy atom. The maximum Gasteiger partial charge on any atom is 0.337 e. The van der Waals surface area contributed by atoms with E-state index in [2.05, 4.69) is 4.98 Å². The van der Waals surface area contributed by atoms with E-state index in [1.165, 1.54) is 24.4 Å². The molecule has 0 bridgehead atoms. The molecule has 0 aliphatic heterocycles. The molecular weight excluding hydrogens is 278 g/mol. The number of carbonyl (C=O) groups is 3. The molecule has 1 aromatic heterocycles. The fourth-order valence-corrected chi connectivity index (χ4v) is 1.81. The van der Waals surface area contributed by atoms with Crippen molar-refractivity contribution in [3.05, 3.63) is 53.3 Å². The zero-order valence-electron chi connectivity index (χ0n) is 10.5. The quantitative estimate of drug-likeness (QED) is 0.783. The van der Waals surface area contributed by atoms with Crippen molar-refractivity contribution in [2.24, 2.45) is 0 Å². The number of nitrogens with zero attached hydrogens (tertiary/aromatic N) is 1. The number of aromatic nitrogens is 1. The maximum atomic E-state index is 11.2. The number of pyridine rings is 1. The number of carboxylic acids is 3. The van der Waals surface area contributed by atoms with Crippen LogP contribution in [-0.2, 0) is 0 Å². The standard InChI is InChI=1S/C14H9NO6/c16-12(17)7-1-2-10(14(20)21)11(4-7)8-3-9(13(18)19)6-15-5-8/h1-6H,(H,16,17)(H,18,19)(H,20,21). The molecule has 1 heterocycles. The molecule has 0 saturated carbocycles. The first kappa shape index (κ1) is 14.2. The summed E-state index contributed by atoms with van der Waals surface area (Å²) in [5, 5.41) is 27.0. The summed E-state index contributed by atoms with van der Waals surface area (Å²) in [4.78, 5) is 36.9. The molecule has 0 amide bonds. The van der Waals surface area contributed by atoms with Gasteiger partial charge in [-0.2, -0.15) is 0 Å². The Morgan fingerprint density at radius 1 is 0.810 bits per heavy atom. The van der Waals surface area contributed by atoms with Gasteiger partial charge >= 0.3 is 17.9 Å². The highest BCUT2D eigenvalue weighted by Crippen LogP contribution is 2.25. The van der Waals surface area contributed by atoms with E-state index < -0.39 is 17.9 Å². The third kappa shape index (κ3) is 2.86. The molecule has 7 nitrogen and oxygen atoms in total. The van der Waals surface area contributed by atoms with Gasteiger partial charge in [-0.1, -0.05) is 0 Å². The molecule has 2 aromatic rings. The van der Waals surface area contributed by atoms with Crippen LogP contribution in [0.25, 0.3) is 11.1 Å². The van der Waals surface area contributed by atoms with Crippen molar-refractivity contribution in [2.75, 3.05) is 0 Å². The van der Waals surface area contributed by atoms with Crippen LogP contribution in [0.4, 0.5) is 0 Å². The van der Waals surface area contributed by atoms with Gasteiger partial charge in [0.05, 0.1) is 16.7 Å². The van der Waals surface area contributed by atoms with Crippen LogP contribution in [0.1, 0.15) is 31.1 Å². The van der Waals surface area contributed by atoms with E-state index in [1.54, 1.807) is 0 Å². The summed E-state index contributed by atoms with van der Waals surface area (Å²) < 4.78 is 0. The van der Waals surface area contributed by atoms with Crippen LogP contribution in [0.2, 0.25) is 0 Å². The molecule has 3 N–H and O–H groups in total. The largest absolute Gasteiger partial charge is 0.478 e. The van der Waals surface area contributed by atoms with Crippen LogP contribution in [0.15, 0.2) is 36.7 Å². The van der Waals surface area contributed by atoms with Crippen molar-refractivity contribution in [1.82, 2.24) is 4.98 Å². The highest BCUT2D eigenvalue weighted by Gasteiger charge is 2.16. The molecule has 0 radical (unpaired) electrons. The molecule has 0 aliphatic carbocycles. The summed E-state index contributed by atoms with van der Waals surface area (Å²) in [6.07, 6.45) is 2.40. The summed E-state index contributed by atoms with van der Waals surface area (Å²) in [6, 6.07) is 4.75. The number of aromatic carboxylic acids is 3. The summed E-state index contributed by atoms with van der Waals surface area (Å²) in [7, 11) is 0. The molecule has 2 rings (SSSR count). The van der Waals surface area contributed by atoms with Gasteiger partial charge in [0.15, 0.2) is 0 Å². The maximum absolute atomic E-state index is 11.2. The van der Waals surface area contributed by atoms with E-state index in [9.17, 15) is 14.4 Å². The highest BCUT2D eigenvalue weighted by atomic mass is 16.4. The van der Waals surface area contributed by atoms with Gasteiger partial charge in [0.25, 0.3) is 0 Å². The fraction of sp³-hybridized carbons (Fsp3) is 0. The zero-order valence-corrected chi connectivity index (χ0v) is 10.5. The molecule has 7 heteroatoms. The smallest absolute Gasteiger partial charge is 0.337 e. The molecule has 1 aromatic carbocycles. The molecule has 106 valence electrons. The topological polar surface area (TPSA) is 125 Å². The number of benzene rings is 1. The number of carboxylic acid groups (broad SMARTS) is 3. The van der Waals surface area contributed by atoms with E-state index in [1.807, 2.05) is 0 Å². The second kappa shape index (κ2) is 5.41. The monoisotopic (exact) mass is 287 g/mol. The van der Waals surface area contributed by atoms with Gasteiger partial charge in [-0.25, -0.2) is 14.4 Å². The van der Waals surface area contributed by atoms with E-state index in [-0.39, 0.29) is 27.8 Å². The molecular formula is C14H9NO6.